The molecule has 0 radical (unpaired) electrons. The van der Waals surface area contributed by atoms with Crippen LogP contribution in [0.5, 0.6) is 0 Å². The van der Waals surface area contributed by atoms with E-state index >= 15 is 0 Å². The second-order valence-electron chi connectivity index (χ2n) is 4.84. The third-order valence-corrected chi connectivity index (χ3v) is 3.50. The lowest BCUT2D eigenvalue weighted by molar-refractivity contribution is 0.0844. The molecule has 2 unspecified atom stereocenters. The van der Waals surface area contributed by atoms with E-state index in [9.17, 15) is 9.50 Å². The predicted molar refractivity (Wildman–Crippen MR) is 66.3 cm³/mol. The average Bonchev–Trinajstić information content (AvgIpc) is 2.37. The van der Waals surface area contributed by atoms with Gasteiger partial charge in [0.25, 0.3) is 0 Å². The van der Waals surface area contributed by atoms with Crippen molar-refractivity contribution in [2.75, 3.05) is 13.1 Å². The molecule has 17 heavy (non-hydrogen) atoms. The zero-order chi connectivity index (χ0) is 12.1. The number of aryl methyl sites for hydroxylation is 1. The first-order valence-electron chi connectivity index (χ1n) is 6.39. The van der Waals surface area contributed by atoms with Crippen LogP contribution in [0.15, 0.2) is 24.3 Å². The van der Waals surface area contributed by atoms with Crippen molar-refractivity contribution < 1.29 is 9.50 Å². The summed E-state index contributed by atoms with van der Waals surface area (Å²) in [7, 11) is 0. The molecular formula is C14H20FNO. The van der Waals surface area contributed by atoms with Gasteiger partial charge >= 0.3 is 0 Å². The Balaban J connectivity index is 1.80. The zero-order valence-electron chi connectivity index (χ0n) is 10.0. The Morgan fingerprint density at radius 2 is 2.35 bits per heavy atom. The van der Waals surface area contributed by atoms with Crippen molar-refractivity contribution in [2.45, 2.75) is 31.8 Å². The number of rotatable bonds is 4. The van der Waals surface area contributed by atoms with Crippen LogP contribution in [-0.2, 0) is 6.42 Å². The Labute approximate surface area is 102 Å². The Hall–Kier alpha value is -0.930. The maximum atomic E-state index is 13.0. The largest absolute Gasteiger partial charge is 0.393 e. The summed E-state index contributed by atoms with van der Waals surface area (Å²) >= 11 is 0. The normalized spacial score (nSPS) is 22.4. The number of halogens is 1. The van der Waals surface area contributed by atoms with Gasteiger partial charge in [-0.05, 0) is 55.8 Å². The van der Waals surface area contributed by atoms with Gasteiger partial charge in [-0.15, -0.1) is 0 Å². The molecule has 1 aromatic rings. The summed E-state index contributed by atoms with van der Waals surface area (Å²) in [4.78, 5) is 0. The lowest BCUT2D eigenvalue weighted by atomic mass is 9.90. The molecule has 0 aliphatic carbocycles. The van der Waals surface area contributed by atoms with E-state index in [1.54, 1.807) is 12.1 Å². The fourth-order valence-electron chi connectivity index (χ4n) is 2.45. The van der Waals surface area contributed by atoms with Gasteiger partial charge in [0.15, 0.2) is 0 Å². The Morgan fingerprint density at radius 3 is 3.06 bits per heavy atom. The van der Waals surface area contributed by atoms with Crippen molar-refractivity contribution in [3.63, 3.8) is 0 Å². The summed E-state index contributed by atoms with van der Waals surface area (Å²) in [6.45, 7) is 1.97. The highest BCUT2D eigenvalue weighted by atomic mass is 19.1. The average molecular weight is 237 g/mol. The molecular weight excluding hydrogens is 217 g/mol. The molecule has 0 amide bonds. The first kappa shape index (κ1) is 12.5. The second kappa shape index (κ2) is 6.12. The van der Waals surface area contributed by atoms with Gasteiger partial charge in [-0.3, -0.25) is 0 Å². The van der Waals surface area contributed by atoms with Gasteiger partial charge in [0.05, 0.1) is 6.10 Å². The van der Waals surface area contributed by atoms with E-state index in [-0.39, 0.29) is 11.9 Å². The van der Waals surface area contributed by atoms with Gasteiger partial charge < -0.3 is 10.4 Å². The highest BCUT2D eigenvalue weighted by molar-refractivity contribution is 5.16. The molecule has 1 aromatic carbocycles. The topological polar surface area (TPSA) is 32.3 Å². The third kappa shape index (κ3) is 3.79. The van der Waals surface area contributed by atoms with Gasteiger partial charge in [0, 0.05) is 6.54 Å². The lowest BCUT2D eigenvalue weighted by Gasteiger charge is -2.27. The quantitative estimate of drug-likeness (QED) is 0.840. The molecule has 2 atom stereocenters. The highest BCUT2D eigenvalue weighted by Gasteiger charge is 2.20. The number of piperidine rings is 1. The number of hydrogen-bond donors (Lipinski definition) is 2. The maximum absolute atomic E-state index is 13.0. The Bertz CT molecular complexity index is 350. The Morgan fingerprint density at radius 1 is 1.47 bits per heavy atom. The van der Waals surface area contributed by atoms with E-state index in [0.717, 1.165) is 44.3 Å². The lowest BCUT2D eigenvalue weighted by Crippen LogP contribution is -2.36. The van der Waals surface area contributed by atoms with Gasteiger partial charge in [0.1, 0.15) is 5.82 Å². The number of nitrogens with one attached hydrogen (secondary N) is 1. The van der Waals surface area contributed by atoms with Crippen molar-refractivity contribution in [1.29, 1.82) is 0 Å². The van der Waals surface area contributed by atoms with Gasteiger partial charge in [-0.25, -0.2) is 4.39 Å². The molecule has 2 nitrogen and oxygen atoms in total. The molecule has 1 saturated heterocycles. The maximum Gasteiger partial charge on any atom is 0.123 e. The van der Waals surface area contributed by atoms with Gasteiger partial charge in [0.2, 0.25) is 0 Å². The summed E-state index contributed by atoms with van der Waals surface area (Å²) in [6, 6.07) is 6.63. The third-order valence-electron chi connectivity index (χ3n) is 3.50. The minimum atomic E-state index is -0.272. The number of aliphatic hydroxyl groups excluding tert-OH is 1. The summed E-state index contributed by atoms with van der Waals surface area (Å²) in [5.74, 6) is 0.161. The van der Waals surface area contributed by atoms with Crippen LogP contribution in [0.25, 0.3) is 0 Å². The van der Waals surface area contributed by atoms with Gasteiger partial charge in [-0.1, -0.05) is 12.1 Å². The van der Waals surface area contributed by atoms with Gasteiger partial charge in [-0.2, -0.15) is 0 Å². The van der Waals surface area contributed by atoms with E-state index in [1.165, 1.54) is 6.07 Å². The van der Waals surface area contributed by atoms with Crippen LogP contribution in [0.3, 0.4) is 0 Å². The minimum absolute atomic E-state index is 0.198. The second-order valence-corrected chi connectivity index (χ2v) is 4.84. The first-order chi connectivity index (χ1) is 8.25. The highest BCUT2D eigenvalue weighted by Crippen LogP contribution is 2.18. The van der Waals surface area contributed by atoms with E-state index in [1.807, 2.05) is 6.07 Å². The van der Waals surface area contributed by atoms with E-state index < -0.39 is 0 Å². The SMILES string of the molecule is OC(CCc1cccc(F)c1)C1CCCNC1. The molecule has 0 spiro atoms. The molecule has 0 aromatic heterocycles. The molecule has 2 N–H and O–H groups in total. The van der Waals surface area contributed by atoms with Crippen LogP contribution >= 0.6 is 0 Å². The fourth-order valence-corrected chi connectivity index (χ4v) is 2.45. The van der Waals surface area contributed by atoms with Crippen LogP contribution < -0.4 is 5.32 Å². The Kier molecular flexibility index (Phi) is 4.51. The molecule has 1 aliphatic heterocycles. The molecule has 0 saturated carbocycles. The van der Waals surface area contributed by atoms with Crippen LogP contribution in [0.1, 0.15) is 24.8 Å². The molecule has 0 bridgehead atoms. The van der Waals surface area contributed by atoms with E-state index in [4.69, 9.17) is 0 Å². The van der Waals surface area contributed by atoms with Crippen LogP contribution in [0.2, 0.25) is 0 Å². The molecule has 2 rings (SSSR count). The monoisotopic (exact) mass is 237 g/mol. The molecule has 3 heteroatoms. The summed E-state index contributed by atoms with van der Waals surface area (Å²) in [6.07, 6.45) is 3.43. The minimum Gasteiger partial charge on any atom is -0.393 e. The summed E-state index contributed by atoms with van der Waals surface area (Å²) in [5.41, 5.74) is 0.966. The van der Waals surface area contributed by atoms with Crippen LogP contribution in [0.4, 0.5) is 4.39 Å². The number of hydrogen-bond acceptors (Lipinski definition) is 2. The standard InChI is InChI=1S/C14H20FNO/c15-13-5-1-3-11(9-13)6-7-14(17)12-4-2-8-16-10-12/h1,3,5,9,12,14,16-17H,2,4,6-8,10H2. The van der Waals surface area contributed by atoms with Crippen LogP contribution in [0, 0.1) is 11.7 Å². The molecule has 1 heterocycles. The van der Waals surface area contributed by atoms with Crippen molar-refractivity contribution in [1.82, 2.24) is 5.32 Å². The van der Waals surface area contributed by atoms with Crippen molar-refractivity contribution >= 4 is 0 Å². The number of benzene rings is 1. The van der Waals surface area contributed by atoms with Crippen molar-refractivity contribution in [3.8, 4) is 0 Å². The van der Waals surface area contributed by atoms with Crippen molar-refractivity contribution in [3.05, 3.63) is 35.6 Å². The smallest absolute Gasteiger partial charge is 0.123 e. The van der Waals surface area contributed by atoms with E-state index in [2.05, 4.69) is 5.32 Å². The summed E-state index contributed by atoms with van der Waals surface area (Å²) in [5, 5.41) is 13.4. The van der Waals surface area contributed by atoms with Crippen LogP contribution in [-0.4, -0.2) is 24.3 Å². The van der Waals surface area contributed by atoms with Crippen molar-refractivity contribution in [2.24, 2.45) is 5.92 Å². The fraction of sp³-hybridized carbons (Fsp3) is 0.571. The summed E-state index contributed by atoms with van der Waals surface area (Å²) < 4.78 is 13.0. The van der Waals surface area contributed by atoms with E-state index in [0.29, 0.717) is 5.92 Å². The predicted octanol–water partition coefficient (Wildman–Crippen LogP) is 2.12. The molecule has 1 fully saturated rings. The number of aliphatic hydroxyl groups is 1. The molecule has 94 valence electrons. The first-order valence-corrected chi connectivity index (χ1v) is 6.39. The molecule has 1 aliphatic rings. The zero-order valence-corrected chi connectivity index (χ0v) is 10.0.